The molecule has 19 heavy (non-hydrogen) atoms. The van der Waals surface area contributed by atoms with E-state index >= 15 is 0 Å². The second kappa shape index (κ2) is 4.38. The van der Waals surface area contributed by atoms with E-state index < -0.39 is 11.9 Å². The van der Waals surface area contributed by atoms with Crippen LogP contribution in [0.2, 0.25) is 0 Å². The summed E-state index contributed by atoms with van der Waals surface area (Å²) in [4.78, 5) is 10.9. The predicted molar refractivity (Wildman–Crippen MR) is 63.8 cm³/mol. The fraction of sp³-hybridized carbons (Fsp3) is 0.182. The number of nitrogens with two attached hydrogens (primary N) is 2. The van der Waals surface area contributed by atoms with E-state index in [1.165, 1.54) is 19.1 Å². The minimum atomic E-state index is -4.59. The first kappa shape index (κ1) is 13.1. The molecule has 5 nitrogen and oxygen atoms in total. The molecule has 2 heterocycles. The number of aromatic nitrogens is 3. The maximum atomic E-state index is 12.9. The van der Waals surface area contributed by atoms with Crippen LogP contribution in [-0.4, -0.2) is 15.0 Å². The fourth-order valence-electron chi connectivity index (χ4n) is 1.64. The van der Waals surface area contributed by atoms with Crippen LogP contribution in [0.15, 0.2) is 18.3 Å². The van der Waals surface area contributed by atoms with Gasteiger partial charge in [0.1, 0.15) is 5.82 Å². The zero-order valence-corrected chi connectivity index (χ0v) is 9.86. The van der Waals surface area contributed by atoms with Gasteiger partial charge in [0.05, 0.1) is 5.69 Å². The van der Waals surface area contributed by atoms with Crippen LogP contribution in [0, 0.1) is 6.92 Å². The number of anilines is 2. The van der Waals surface area contributed by atoms with E-state index in [-0.39, 0.29) is 23.0 Å². The van der Waals surface area contributed by atoms with Crippen molar-refractivity contribution in [3.63, 3.8) is 0 Å². The second-order valence-electron chi connectivity index (χ2n) is 3.84. The van der Waals surface area contributed by atoms with Gasteiger partial charge in [0, 0.05) is 17.3 Å². The van der Waals surface area contributed by atoms with Gasteiger partial charge in [-0.25, -0.2) is 4.98 Å². The number of hydrogen-bond donors (Lipinski definition) is 2. The van der Waals surface area contributed by atoms with Gasteiger partial charge in [0.2, 0.25) is 5.95 Å². The summed E-state index contributed by atoms with van der Waals surface area (Å²) < 4.78 is 38.7. The van der Waals surface area contributed by atoms with Crippen molar-refractivity contribution in [3.8, 4) is 11.3 Å². The van der Waals surface area contributed by atoms with Crippen LogP contribution in [0.1, 0.15) is 11.3 Å². The van der Waals surface area contributed by atoms with Gasteiger partial charge in [-0.2, -0.15) is 18.2 Å². The maximum absolute atomic E-state index is 12.9. The lowest BCUT2D eigenvalue weighted by Crippen LogP contribution is -2.12. The van der Waals surface area contributed by atoms with Crippen LogP contribution in [0.3, 0.4) is 0 Å². The second-order valence-corrected chi connectivity index (χ2v) is 3.84. The van der Waals surface area contributed by atoms with Crippen molar-refractivity contribution in [2.45, 2.75) is 13.1 Å². The van der Waals surface area contributed by atoms with Crippen LogP contribution in [0.4, 0.5) is 24.9 Å². The molecule has 0 atom stereocenters. The molecule has 0 unspecified atom stereocenters. The third-order valence-corrected chi connectivity index (χ3v) is 2.53. The highest BCUT2D eigenvalue weighted by molar-refractivity contribution is 5.70. The first-order valence-electron chi connectivity index (χ1n) is 5.23. The van der Waals surface area contributed by atoms with Gasteiger partial charge in [-0.3, -0.25) is 4.98 Å². The summed E-state index contributed by atoms with van der Waals surface area (Å²) in [7, 11) is 0. The molecule has 0 amide bonds. The highest BCUT2D eigenvalue weighted by Gasteiger charge is 2.36. The average molecular weight is 269 g/mol. The molecule has 0 aliphatic rings. The van der Waals surface area contributed by atoms with E-state index in [4.69, 9.17) is 11.5 Å². The molecule has 0 saturated carbocycles. The van der Waals surface area contributed by atoms with Crippen molar-refractivity contribution >= 4 is 11.8 Å². The first-order valence-corrected chi connectivity index (χ1v) is 5.23. The number of nitrogens with zero attached hydrogens (tertiary/aromatic N) is 3. The molecule has 0 aliphatic heterocycles. The SMILES string of the molecule is Cc1c(N)nc(N)nc1-c1cccnc1C(F)(F)F. The normalized spacial score (nSPS) is 11.6. The van der Waals surface area contributed by atoms with Crippen LogP contribution >= 0.6 is 0 Å². The van der Waals surface area contributed by atoms with Crippen molar-refractivity contribution in [1.29, 1.82) is 0 Å². The summed E-state index contributed by atoms with van der Waals surface area (Å²) in [5, 5.41) is 0. The fourth-order valence-corrected chi connectivity index (χ4v) is 1.64. The summed E-state index contributed by atoms with van der Waals surface area (Å²) in [6.07, 6.45) is -3.52. The Balaban J connectivity index is 2.73. The molecular weight excluding hydrogens is 259 g/mol. The Morgan fingerprint density at radius 3 is 2.47 bits per heavy atom. The Hall–Kier alpha value is -2.38. The standard InChI is InChI=1S/C11H10F3N5/c1-5-7(18-10(16)19-9(5)15)6-3-2-4-17-8(6)11(12,13)14/h2-4H,1H3,(H4,15,16,18,19). The predicted octanol–water partition coefficient (Wildman–Crippen LogP) is 2.03. The van der Waals surface area contributed by atoms with Gasteiger partial charge in [0.15, 0.2) is 5.69 Å². The van der Waals surface area contributed by atoms with Crippen molar-refractivity contribution in [2.24, 2.45) is 0 Å². The molecular formula is C11H10F3N5. The molecule has 0 fully saturated rings. The van der Waals surface area contributed by atoms with Crippen LogP contribution in [0.25, 0.3) is 11.3 Å². The molecule has 0 radical (unpaired) electrons. The van der Waals surface area contributed by atoms with E-state index in [0.717, 1.165) is 6.20 Å². The molecule has 4 N–H and O–H groups in total. The lowest BCUT2D eigenvalue weighted by Gasteiger charge is -2.13. The zero-order chi connectivity index (χ0) is 14.2. The molecule has 2 rings (SSSR count). The number of nitrogen functional groups attached to an aromatic ring is 2. The molecule has 2 aromatic heterocycles. The van der Waals surface area contributed by atoms with Crippen LogP contribution < -0.4 is 11.5 Å². The molecule has 0 bridgehead atoms. The molecule has 2 aromatic rings. The number of rotatable bonds is 1. The lowest BCUT2D eigenvalue weighted by molar-refractivity contribution is -0.140. The Labute approximate surface area is 106 Å². The minimum absolute atomic E-state index is 0.0328. The van der Waals surface area contributed by atoms with Crippen molar-refractivity contribution in [3.05, 3.63) is 29.6 Å². The van der Waals surface area contributed by atoms with Gasteiger partial charge in [-0.1, -0.05) is 0 Å². The van der Waals surface area contributed by atoms with E-state index in [1.807, 2.05) is 0 Å². The smallest absolute Gasteiger partial charge is 0.383 e. The van der Waals surface area contributed by atoms with Gasteiger partial charge in [0.25, 0.3) is 0 Å². The van der Waals surface area contributed by atoms with Gasteiger partial charge in [-0.05, 0) is 19.1 Å². The van der Waals surface area contributed by atoms with Crippen molar-refractivity contribution in [1.82, 2.24) is 15.0 Å². The molecule has 8 heteroatoms. The summed E-state index contributed by atoms with van der Waals surface area (Å²) in [5.74, 6) is -0.144. The highest BCUT2D eigenvalue weighted by Crippen LogP contribution is 2.36. The molecule has 0 aliphatic carbocycles. The van der Waals surface area contributed by atoms with Crippen molar-refractivity contribution in [2.75, 3.05) is 11.5 Å². The van der Waals surface area contributed by atoms with Crippen LogP contribution in [-0.2, 0) is 6.18 Å². The minimum Gasteiger partial charge on any atom is -0.383 e. The van der Waals surface area contributed by atoms with E-state index in [0.29, 0.717) is 5.56 Å². The van der Waals surface area contributed by atoms with Gasteiger partial charge < -0.3 is 11.5 Å². The topological polar surface area (TPSA) is 90.7 Å². The molecule has 0 spiro atoms. The van der Waals surface area contributed by atoms with E-state index in [2.05, 4.69) is 15.0 Å². The molecule has 0 saturated heterocycles. The summed E-state index contributed by atoms with van der Waals surface area (Å²) in [6.45, 7) is 1.53. The number of halogens is 3. The Morgan fingerprint density at radius 1 is 1.16 bits per heavy atom. The van der Waals surface area contributed by atoms with E-state index in [1.54, 1.807) is 0 Å². The van der Waals surface area contributed by atoms with Gasteiger partial charge >= 0.3 is 6.18 Å². The summed E-state index contributed by atoms with van der Waals surface area (Å²) in [5.41, 5.74) is 10.2. The highest BCUT2D eigenvalue weighted by atomic mass is 19.4. The van der Waals surface area contributed by atoms with E-state index in [9.17, 15) is 13.2 Å². The molecule has 0 aromatic carbocycles. The third kappa shape index (κ3) is 2.42. The maximum Gasteiger partial charge on any atom is 0.434 e. The zero-order valence-electron chi connectivity index (χ0n) is 9.86. The third-order valence-electron chi connectivity index (χ3n) is 2.53. The number of pyridine rings is 1. The van der Waals surface area contributed by atoms with Crippen LogP contribution in [0.5, 0.6) is 0 Å². The quantitative estimate of drug-likeness (QED) is 0.826. The molecule has 100 valence electrons. The Morgan fingerprint density at radius 2 is 1.84 bits per heavy atom. The van der Waals surface area contributed by atoms with Crippen molar-refractivity contribution < 1.29 is 13.2 Å². The Bertz CT molecular complexity index is 624. The number of hydrogen-bond acceptors (Lipinski definition) is 5. The monoisotopic (exact) mass is 269 g/mol. The average Bonchev–Trinajstić information content (AvgIpc) is 2.33. The number of alkyl halides is 3. The Kier molecular flexibility index (Phi) is 3.01. The first-order chi connectivity index (χ1) is 8.80. The summed E-state index contributed by atoms with van der Waals surface area (Å²) in [6, 6.07) is 2.66. The van der Waals surface area contributed by atoms with Gasteiger partial charge in [-0.15, -0.1) is 0 Å². The summed E-state index contributed by atoms with van der Waals surface area (Å²) >= 11 is 0. The largest absolute Gasteiger partial charge is 0.434 e. The lowest BCUT2D eigenvalue weighted by atomic mass is 10.1.